The molecule has 2 heterocycles. The van der Waals surface area contributed by atoms with Crippen molar-refractivity contribution in [3.8, 4) is 5.75 Å². The molecule has 0 saturated heterocycles. The number of anilines is 1. The van der Waals surface area contributed by atoms with Crippen molar-refractivity contribution in [1.82, 2.24) is 10.1 Å². The van der Waals surface area contributed by atoms with Crippen LogP contribution in [0.4, 0.5) is 5.13 Å². The summed E-state index contributed by atoms with van der Waals surface area (Å²) in [6.45, 7) is 6.31. The van der Waals surface area contributed by atoms with E-state index in [1.807, 2.05) is 38.1 Å². The minimum Gasteiger partial charge on any atom is -0.489 e. The van der Waals surface area contributed by atoms with Crippen molar-refractivity contribution < 1.29 is 18.8 Å². The molecule has 1 aromatic carbocycles. The Morgan fingerprint density at radius 2 is 2.10 bits per heavy atom. The van der Waals surface area contributed by atoms with Gasteiger partial charge in [-0.05, 0) is 50.6 Å². The quantitative estimate of drug-likeness (QED) is 0.322. The van der Waals surface area contributed by atoms with Crippen molar-refractivity contribution in [2.75, 3.05) is 12.0 Å². The molecule has 2 aromatic heterocycles. The molecule has 3 aromatic rings. The lowest BCUT2D eigenvalue weighted by atomic mass is 10.2. The summed E-state index contributed by atoms with van der Waals surface area (Å²) in [4.78, 5) is 15.8. The fourth-order valence-electron chi connectivity index (χ4n) is 2.48. The maximum atomic E-state index is 11.5. The van der Waals surface area contributed by atoms with Crippen LogP contribution in [-0.2, 0) is 22.6 Å². The summed E-state index contributed by atoms with van der Waals surface area (Å²) in [6.07, 6.45) is 1.84. The molecule has 0 fully saturated rings. The predicted octanol–water partition coefficient (Wildman–Crippen LogP) is 3.88. The molecule has 152 valence electrons. The first-order valence-corrected chi connectivity index (χ1v) is 9.97. The second kappa shape index (κ2) is 9.83. The van der Waals surface area contributed by atoms with Crippen LogP contribution < -0.4 is 10.2 Å². The summed E-state index contributed by atoms with van der Waals surface area (Å²) in [7, 11) is 0. The number of nitrogens with one attached hydrogen (secondary N) is 1. The monoisotopic (exact) mass is 414 g/mol. The Hall–Kier alpha value is -3.20. The largest absolute Gasteiger partial charge is 0.489 e. The van der Waals surface area contributed by atoms with Gasteiger partial charge in [-0.1, -0.05) is 5.16 Å². The van der Waals surface area contributed by atoms with Gasteiger partial charge in [-0.15, -0.1) is 11.3 Å². The SMILES string of the molecule is CCOC(=O)Cc1csc(NN=Cc2ccc(OCc3c(C)noc3C)cc2)n1. The zero-order valence-corrected chi connectivity index (χ0v) is 17.3. The third-order valence-electron chi connectivity index (χ3n) is 4.00. The van der Waals surface area contributed by atoms with E-state index in [1.54, 1.807) is 18.5 Å². The highest BCUT2D eigenvalue weighted by Crippen LogP contribution is 2.18. The number of thiazole rings is 1. The highest BCUT2D eigenvalue weighted by Gasteiger charge is 2.09. The number of hydrazone groups is 1. The summed E-state index contributed by atoms with van der Waals surface area (Å²) in [6, 6.07) is 7.56. The van der Waals surface area contributed by atoms with Crippen molar-refractivity contribution >= 4 is 28.7 Å². The number of benzene rings is 1. The van der Waals surface area contributed by atoms with E-state index in [-0.39, 0.29) is 12.4 Å². The molecule has 3 rings (SSSR count). The van der Waals surface area contributed by atoms with Gasteiger partial charge in [0.05, 0.1) is 36.2 Å². The number of rotatable bonds is 9. The summed E-state index contributed by atoms with van der Waals surface area (Å²) in [5, 5.41) is 10.5. The fourth-order valence-corrected chi connectivity index (χ4v) is 3.13. The van der Waals surface area contributed by atoms with Crippen LogP contribution in [0.1, 0.15) is 35.2 Å². The maximum Gasteiger partial charge on any atom is 0.311 e. The lowest BCUT2D eigenvalue weighted by Gasteiger charge is -2.05. The Morgan fingerprint density at radius 3 is 2.79 bits per heavy atom. The van der Waals surface area contributed by atoms with Crippen molar-refractivity contribution in [1.29, 1.82) is 0 Å². The van der Waals surface area contributed by atoms with Gasteiger partial charge in [0.15, 0.2) is 0 Å². The van der Waals surface area contributed by atoms with Crippen LogP contribution in [0.2, 0.25) is 0 Å². The molecule has 0 amide bonds. The number of aryl methyl sites for hydroxylation is 2. The molecule has 1 N–H and O–H groups in total. The first-order chi connectivity index (χ1) is 14.0. The number of esters is 1. The van der Waals surface area contributed by atoms with Crippen LogP contribution in [0, 0.1) is 13.8 Å². The average Bonchev–Trinajstić information content (AvgIpc) is 3.27. The number of hydrogen-bond acceptors (Lipinski definition) is 9. The summed E-state index contributed by atoms with van der Waals surface area (Å²) in [5.74, 6) is 1.23. The molecule has 0 bridgehead atoms. The normalized spacial score (nSPS) is 11.0. The maximum absolute atomic E-state index is 11.5. The highest BCUT2D eigenvalue weighted by atomic mass is 32.1. The zero-order chi connectivity index (χ0) is 20.6. The Morgan fingerprint density at radius 1 is 1.31 bits per heavy atom. The lowest BCUT2D eigenvalue weighted by molar-refractivity contribution is -0.142. The van der Waals surface area contributed by atoms with Gasteiger partial charge in [-0.25, -0.2) is 4.98 Å². The molecule has 0 saturated carbocycles. The molecule has 9 heteroatoms. The van der Waals surface area contributed by atoms with Crippen LogP contribution in [-0.4, -0.2) is 28.9 Å². The first kappa shape index (κ1) is 20.5. The van der Waals surface area contributed by atoms with E-state index in [4.69, 9.17) is 14.0 Å². The number of carbonyl (C=O) groups is 1. The Balaban J connectivity index is 1.49. The Kier molecular flexibility index (Phi) is 6.96. The predicted molar refractivity (Wildman–Crippen MR) is 110 cm³/mol. The number of ether oxygens (including phenoxy) is 2. The molecule has 0 spiro atoms. The van der Waals surface area contributed by atoms with E-state index < -0.39 is 0 Å². The fraction of sp³-hybridized carbons (Fsp3) is 0.300. The van der Waals surface area contributed by atoms with E-state index in [9.17, 15) is 4.79 Å². The highest BCUT2D eigenvalue weighted by molar-refractivity contribution is 7.13. The summed E-state index contributed by atoms with van der Waals surface area (Å²) < 4.78 is 15.8. The smallest absolute Gasteiger partial charge is 0.311 e. The second-order valence-electron chi connectivity index (χ2n) is 6.16. The van der Waals surface area contributed by atoms with Crippen molar-refractivity contribution in [3.05, 3.63) is 57.9 Å². The average molecular weight is 414 g/mol. The molecule has 0 radical (unpaired) electrons. The molecular weight excluding hydrogens is 392 g/mol. The number of aromatic nitrogens is 2. The van der Waals surface area contributed by atoms with Gasteiger partial charge in [-0.3, -0.25) is 10.2 Å². The van der Waals surface area contributed by atoms with Gasteiger partial charge >= 0.3 is 5.97 Å². The van der Waals surface area contributed by atoms with Crippen LogP contribution in [0.15, 0.2) is 39.3 Å². The van der Waals surface area contributed by atoms with E-state index in [2.05, 4.69) is 20.7 Å². The topological polar surface area (TPSA) is 98.8 Å². The molecule has 0 aliphatic heterocycles. The van der Waals surface area contributed by atoms with Crippen LogP contribution >= 0.6 is 11.3 Å². The van der Waals surface area contributed by atoms with Gasteiger partial charge in [0, 0.05) is 5.38 Å². The molecule has 0 aliphatic carbocycles. The van der Waals surface area contributed by atoms with E-state index >= 15 is 0 Å². The molecule has 0 aliphatic rings. The molecule has 8 nitrogen and oxygen atoms in total. The first-order valence-electron chi connectivity index (χ1n) is 9.09. The third kappa shape index (κ3) is 5.89. The summed E-state index contributed by atoms with van der Waals surface area (Å²) in [5.41, 5.74) is 6.23. The van der Waals surface area contributed by atoms with E-state index in [1.165, 1.54) is 11.3 Å². The van der Waals surface area contributed by atoms with Crippen molar-refractivity contribution in [3.63, 3.8) is 0 Å². The van der Waals surface area contributed by atoms with Gasteiger partial charge in [0.2, 0.25) is 5.13 Å². The van der Waals surface area contributed by atoms with Gasteiger partial charge in [0.1, 0.15) is 18.1 Å². The van der Waals surface area contributed by atoms with Crippen molar-refractivity contribution in [2.45, 2.75) is 33.8 Å². The van der Waals surface area contributed by atoms with Crippen molar-refractivity contribution in [2.24, 2.45) is 5.10 Å². The Labute approximate surface area is 172 Å². The van der Waals surface area contributed by atoms with Crippen LogP contribution in [0.25, 0.3) is 0 Å². The standard InChI is InChI=1S/C20H22N4O4S/c1-4-26-19(25)9-16-12-29-20(22-16)23-21-10-15-5-7-17(8-6-15)27-11-18-13(2)24-28-14(18)3/h5-8,10,12H,4,9,11H2,1-3H3,(H,22,23). The molecule has 29 heavy (non-hydrogen) atoms. The van der Waals surface area contributed by atoms with Crippen LogP contribution in [0.5, 0.6) is 5.75 Å². The molecular formula is C20H22N4O4S. The van der Waals surface area contributed by atoms with Gasteiger partial charge < -0.3 is 14.0 Å². The van der Waals surface area contributed by atoms with E-state index in [0.717, 1.165) is 28.3 Å². The zero-order valence-electron chi connectivity index (χ0n) is 16.5. The van der Waals surface area contributed by atoms with E-state index in [0.29, 0.717) is 24.0 Å². The Bertz CT molecular complexity index is 959. The minimum absolute atomic E-state index is 0.158. The lowest BCUT2D eigenvalue weighted by Crippen LogP contribution is -2.07. The van der Waals surface area contributed by atoms with Crippen LogP contribution in [0.3, 0.4) is 0 Å². The second-order valence-corrected chi connectivity index (χ2v) is 7.01. The minimum atomic E-state index is -0.287. The molecule has 0 unspecified atom stereocenters. The number of nitrogens with zero attached hydrogens (tertiary/aromatic N) is 3. The van der Waals surface area contributed by atoms with Gasteiger partial charge in [-0.2, -0.15) is 5.10 Å². The number of carbonyl (C=O) groups excluding carboxylic acids is 1. The molecule has 0 atom stereocenters. The van der Waals surface area contributed by atoms with Gasteiger partial charge in [0.25, 0.3) is 0 Å². The summed E-state index contributed by atoms with van der Waals surface area (Å²) >= 11 is 1.38. The third-order valence-corrected chi connectivity index (χ3v) is 4.80. The number of hydrogen-bond donors (Lipinski definition) is 1.